The lowest BCUT2D eigenvalue weighted by molar-refractivity contribution is -0.129. The molecule has 1 aromatic rings. The SMILES string of the molecule is C=CCC(C(C)=O)C(=O)Nc1c(CC)cccc1CC. The molecular formula is C17H23NO2. The molecule has 1 amide bonds. The number of carbonyl (C=O) groups excluding carboxylic acids is 2. The first-order chi connectivity index (χ1) is 9.54. The predicted octanol–water partition coefficient (Wildman–Crippen LogP) is 3.53. The van der Waals surface area contributed by atoms with E-state index in [9.17, 15) is 9.59 Å². The molecule has 1 aromatic carbocycles. The highest BCUT2D eigenvalue weighted by Crippen LogP contribution is 2.23. The van der Waals surface area contributed by atoms with Gasteiger partial charge in [0.05, 0.1) is 5.92 Å². The minimum Gasteiger partial charge on any atom is -0.325 e. The van der Waals surface area contributed by atoms with Gasteiger partial charge in [-0.05, 0) is 37.3 Å². The number of nitrogens with one attached hydrogen (secondary N) is 1. The van der Waals surface area contributed by atoms with Crippen molar-refractivity contribution in [2.75, 3.05) is 5.32 Å². The Morgan fingerprint density at radius 3 is 2.20 bits per heavy atom. The molecule has 0 heterocycles. The molecule has 0 radical (unpaired) electrons. The summed E-state index contributed by atoms with van der Waals surface area (Å²) in [5.41, 5.74) is 3.05. The molecule has 0 spiro atoms. The predicted molar refractivity (Wildman–Crippen MR) is 82.8 cm³/mol. The number of benzene rings is 1. The zero-order valence-corrected chi connectivity index (χ0v) is 12.5. The van der Waals surface area contributed by atoms with Gasteiger partial charge >= 0.3 is 0 Å². The van der Waals surface area contributed by atoms with E-state index < -0.39 is 5.92 Å². The van der Waals surface area contributed by atoms with Gasteiger partial charge in [-0.1, -0.05) is 38.1 Å². The van der Waals surface area contributed by atoms with Crippen LogP contribution in [-0.2, 0) is 22.4 Å². The number of rotatable bonds is 7. The summed E-state index contributed by atoms with van der Waals surface area (Å²) in [5.74, 6) is -1.02. The summed E-state index contributed by atoms with van der Waals surface area (Å²) < 4.78 is 0. The number of hydrogen-bond donors (Lipinski definition) is 1. The summed E-state index contributed by atoms with van der Waals surface area (Å²) in [5, 5.41) is 2.94. The van der Waals surface area contributed by atoms with Crippen molar-refractivity contribution in [3.05, 3.63) is 42.0 Å². The molecule has 1 rings (SSSR count). The quantitative estimate of drug-likeness (QED) is 0.610. The molecular weight excluding hydrogens is 250 g/mol. The van der Waals surface area contributed by atoms with Crippen LogP contribution < -0.4 is 5.32 Å². The van der Waals surface area contributed by atoms with Crippen molar-refractivity contribution < 1.29 is 9.59 Å². The minimum absolute atomic E-state index is 0.130. The average molecular weight is 273 g/mol. The van der Waals surface area contributed by atoms with Gasteiger partial charge in [-0.3, -0.25) is 9.59 Å². The van der Waals surface area contributed by atoms with Crippen LogP contribution in [0.5, 0.6) is 0 Å². The Hall–Kier alpha value is -1.90. The first-order valence-corrected chi connectivity index (χ1v) is 7.08. The molecule has 0 bridgehead atoms. The van der Waals surface area contributed by atoms with Crippen LogP contribution in [0, 0.1) is 5.92 Å². The van der Waals surface area contributed by atoms with Gasteiger partial charge in [-0.25, -0.2) is 0 Å². The van der Waals surface area contributed by atoms with Crippen LogP contribution in [0.4, 0.5) is 5.69 Å². The zero-order chi connectivity index (χ0) is 15.1. The van der Waals surface area contributed by atoms with Crippen molar-refractivity contribution >= 4 is 17.4 Å². The highest BCUT2D eigenvalue weighted by molar-refractivity contribution is 6.07. The van der Waals surface area contributed by atoms with Gasteiger partial charge in [0.1, 0.15) is 5.78 Å². The molecule has 108 valence electrons. The molecule has 3 heteroatoms. The number of Topliss-reactive ketones (excluding diaryl/α,β-unsaturated/α-hetero) is 1. The largest absolute Gasteiger partial charge is 0.325 e. The van der Waals surface area contributed by atoms with E-state index in [1.807, 2.05) is 18.2 Å². The van der Waals surface area contributed by atoms with Crippen LogP contribution in [0.15, 0.2) is 30.9 Å². The van der Waals surface area contributed by atoms with Crippen LogP contribution in [0.1, 0.15) is 38.3 Å². The summed E-state index contributed by atoms with van der Waals surface area (Å²) in [6, 6.07) is 6.01. The second-order valence-electron chi connectivity index (χ2n) is 4.84. The van der Waals surface area contributed by atoms with Crippen molar-refractivity contribution in [3.8, 4) is 0 Å². The molecule has 0 saturated carbocycles. The van der Waals surface area contributed by atoms with Crippen LogP contribution >= 0.6 is 0 Å². The molecule has 0 saturated heterocycles. The van der Waals surface area contributed by atoms with E-state index in [2.05, 4.69) is 25.7 Å². The lowest BCUT2D eigenvalue weighted by Crippen LogP contribution is -2.28. The fraction of sp³-hybridized carbons (Fsp3) is 0.412. The van der Waals surface area contributed by atoms with E-state index in [4.69, 9.17) is 0 Å². The third-order valence-corrected chi connectivity index (χ3v) is 3.46. The molecule has 1 N–H and O–H groups in total. The fourth-order valence-electron chi connectivity index (χ4n) is 2.24. The molecule has 0 aliphatic rings. The Kier molecular flexibility index (Phi) is 6.16. The highest BCUT2D eigenvalue weighted by Gasteiger charge is 2.23. The Labute approximate surface area is 121 Å². The Morgan fingerprint density at radius 2 is 1.80 bits per heavy atom. The number of amides is 1. The maximum atomic E-state index is 12.3. The van der Waals surface area contributed by atoms with E-state index in [0.29, 0.717) is 6.42 Å². The van der Waals surface area contributed by atoms with E-state index in [-0.39, 0.29) is 11.7 Å². The smallest absolute Gasteiger partial charge is 0.235 e. The van der Waals surface area contributed by atoms with Crippen molar-refractivity contribution in [1.29, 1.82) is 0 Å². The minimum atomic E-state index is -0.651. The molecule has 20 heavy (non-hydrogen) atoms. The van der Waals surface area contributed by atoms with E-state index in [0.717, 1.165) is 29.7 Å². The van der Waals surface area contributed by atoms with Crippen LogP contribution in [0.25, 0.3) is 0 Å². The maximum Gasteiger partial charge on any atom is 0.235 e. The zero-order valence-electron chi connectivity index (χ0n) is 12.5. The summed E-state index contributed by atoms with van der Waals surface area (Å²) in [7, 11) is 0. The second-order valence-corrected chi connectivity index (χ2v) is 4.84. The Balaban J connectivity index is 3.05. The normalized spacial score (nSPS) is 11.8. The number of hydrogen-bond acceptors (Lipinski definition) is 2. The fourth-order valence-corrected chi connectivity index (χ4v) is 2.24. The number of anilines is 1. The molecule has 0 aliphatic heterocycles. The monoisotopic (exact) mass is 273 g/mol. The van der Waals surface area contributed by atoms with Crippen molar-refractivity contribution in [3.63, 3.8) is 0 Å². The maximum absolute atomic E-state index is 12.3. The lowest BCUT2D eigenvalue weighted by atomic mass is 9.98. The van der Waals surface area contributed by atoms with Crippen LogP contribution in [-0.4, -0.2) is 11.7 Å². The standard InChI is InChI=1S/C17H23NO2/c1-5-9-15(12(4)19)17(20)18-16-13(6-2)10-8-11-14(16)7-3/h5,8,10-11,15H,1,6-7,9H2,2-4H3,(H,18,20). The lowest BCUT2D eigenvalue weighted by Gasteiger charge is -2.17. The molecule has 0 aliphatic carbocycles. The van der Waals surface area contributed by atoms with Crippen LogP contribution in [0.3, 0.4) is 0 Å². The van der Waals surface area contributed by atoms with E-state index in [1.165, 1.54) is 6.92 Å². The number of aryl methyl sites for hydroxylation is 2. The number of allylic oxidation sites excluding steroid dienone is 1. The number of carbonyl (C=O) groups is 2. The number of para-hydroxylation sites is 1. The van der Waals surface area contributed by atoms with Gasteiger partial charge < -0.3 is 5.32 Å². The van der Waals surface area contributed by atoms with Gasteiger partial charge in [0.25, 0.3) is 0 Å². The van der Waals surface area contributed by atoms with Crippen molar-refractivity contribution in [2.45, 2.75) is 40.0 Å². The van der Waals surface area contributed by atoms with Crippen molar-refractivity contribution in [1.82, 2.24) is 0 Å². The summed E-state index contributed by atoms with van der Waals surface area (Å²) in [6.45, 7) is 9.16. The summed E-state index contributed by atoms with van der Waals surface area (Å²) in [4.78, 5) is 23.9. The van der Waals surface area contributed by atoms with E-state index in [1.54, 1.807) is 6.08 Å². The average Bonchev–Trinajstić information content (AvgIpc) is 2.44. The molecule has 0 aromatic heterocycles. The first-order valence-electron chi connectivity index (χ1n) is 7.08. The Bertz CT molecular complexity index is 483. The molecule has 1 unspecified atom stereocenters. The van der Waals surface area contributed by atoms with Crippen LogP contribution in [0.2, 0.25) is 0 Å². The van der Waals surface area contributed by atoms with Gasteiger partial charge in [0.2, 0.25) is 5.91 Å². The molecule has 0 fully saturated rings. The summed E-state index contributed by atoms with van der Waals surface area (Å²) >= 11 is 0. The van der Waals surface area contributed by atoms with Gasteiger partial charge in [0.15, 0.2) is 0 Å². The second kappa shape index (κ2) is 7.63. The third-order valence-electron chi connectivity index (χ3n) is 3.46. The topological polar surface area (TPSA) is 46.2 Å². The first kappa shape index (κ1) is 16.2. The number of ketones is 1. The molecule has 3 nitrogen and oxygen atoms in total. The van der Waals surface area contributed by atoms with Gasteiger partial charge in [-0.15, -0.1) is 6.58 Å². The molecule has 1 atom stereocenters. The summed E-state index contributed by atoms with van der Waals surface area (Å²) in [6.07, 6.45) is 3.67. The van der Waals surface area contributed by atoms with E-state index >= 15 is 0 Å². The third kappa shape index (κ3) is 3.80. The van der Waals surface area contributed by atoms with Gasteiger partial charge in [0, 0.05) is 5.69 Å². The van der Waals surface area contributed by atoms with Gasteiger partial charge in [-0.2, -0.15) is 0 Å². The van der Waals surface area contributed by atoms with Crippen molar-refractivity contribution in [2.24, 2.45) is 5.92 Å². The Morgan fingerprint density at radius 1 is 1.25 bits per heavy atom. The highest BCUT2D eigenvalue weighted by atomic mass is 16.2.